The van der Waals surface area contributed by atoms with E-state index in [-0.39, 0.29) is 18.4 Å². The van der Waals surface area contributed by atoms with Gasteiger partial charge in [0.05, 0.1) is 0 Å². The molecule has 0 spiro atoms. The van der Waals surface area contributed by atoms with Gasteiger partial charge >= 0.3 is 6.61 Å². The Hall–Kier alpha value is -1.20. The number of benzene rings is 1. The fourth-order valence-corrected chi connectivity index (χ4v) is 1.89. The Labute approximate surface area is 112 Å². The molecule has 0 radical (unpaired) electrons. The summed E-state index contributed by atoms with van der Waals surface area (Å²) in [5.41, 5.74) is 1.42. The molecule has 2 N–H and O–H groups in total. The summed E-state index contributed by atoms with van der Waals surface area (Å²) < 4.78 is 29.3. The zero-order chi connectivity index (χ0) is 14.3. The maximum Gasteiger partial charge on any atom is 0.387 e. The molecule has 1 aromatic rings. The van der Waals surface area contributed by atoms with Gasteiger partial charge in [-0.25, -0.2) is 0 Å². The number of rotatable bonds is 8. The molecule has 0 bridgehead atoms. The van der Waals surface area contributed by atoms with Gasteiger partial charge in [0, 0.05) is 24.8 Å². The molecule has 1 aromatic carbocycles. The minimum Gasteiger partial charge on any atom is -0.434 e. The molecule has 19 heavy (non-hydrogen) atoms. The molecule has 1 unspecified atom stereocenters. The van der Waals surface area contributed by atoms with E-state index >= 15 is 0 Å². The molecular weight excluding hydrogens is 252 g/mol. The monoisotopic (exact) mass is 273 g/mol. The number of aryl methyl sites for hydroxylation is 1. The second-order valence-electron chi connectivity index (χ2n) is 4.59. The van der Waals surface area contributed by atoms with Gasteiger partial charge in [-0.1, -0.05) is 18.2 Å². The lowest BCUT2D eigenvalue weighted by Crippen LogP contribution is -2.26. The number of ether oxygens (including phenoxy) is 1. The fourth-order valence-electron chi connectivity index (χ4n) is 1.89. The van der Waals surface area contributed by atoms with Crippen LogP contribution in [0.1, 0.15) is 30.9 Å². The summed E-state index contributed by atoms with van der Waals surface area (Å²) in [4.78, 5) is 0. The fraction of sp³-hybridized carbons (Fsp3) is 0.571. The Morgan fingerprint density at radius 2 is 2.11 bits per heavy atom. The third-order valence-electron chi connectivity index (χ3n) is 2.94. The normalized spacial score (nSPS) is 12.7. The Morgan fingerprint density at radius 3 is 2.74 bits per heavy atom. The maximum atomic E-state index is 12.4. The topological polar surface area (TPSA) is 41.5 Å². The van der Waals surface area contributed by atoms with Gasteiger partial charge in [-0.3, -0.25) is 0 Å². The van der Waals surface area contributed by atoms with Gasteiger partial charge in [-0.15, -0.1) is 0 Å². The predicted molar refractivity (Wildman–Crippen MR) is 70.4 cm³/mol. The summed E-state index contributed by atoms with van der Waals surface area (Å²) in [6.45, 7) is 1.56. The SMILES string of the molecule is Cc1cccc(CNC(C)CCCO)c1OC(F)F. The van der Waals surface area contributed by atoms with Gasteiger partial charge < -0.3 is 15.2 Å². The van der Waals surface area contributed by atoms with Crippen molar-refractivity contribution in [2.75, 3.05) is 6.61 Å². The summed E-state index contributed by atoms with van der Waals surface area (Å²) in [7, 11) is 0. The van der Waals surface area contributed by atoms with E-state index in [4.69, 9.17) is 5.11 Å². The molecule has 0 fully saturated rings. The van der Waals surface area contributed by atoms with Crippen LogP contribution in [0.4, 0.5) is 8.78 Å². The number of hydrogen-bond acceptors (Lipinski definition) is 3. The van der Waals surface area contributed by atoms with Crippen molar-refractivity contribution in [3.63, 3.8) is 0 Å². The molecule has 108 valence electrons. The number of halogens is 2. The molecule has 3 nitrogen and oxygen atoms in total. The molecule has 0 aliphatic heterocycles. The Kier molecular flexibility index (Phi) is 6.73. The summed E-state index contributed by atoms with van der Waals surface area (Å²) >= 11 is 0. The minimum absolute atomic E-state index is 0.163. The van der Waals surface area contributed by atoms with Crippen LogP contribution in [0.5, 0.6) is 5.75 Å². The van der Waals surface area contributed by atoms with Crippen LogP contribution < -0.4 is 10.1 Å². The quantitative estimate of drug-likeness (QED) is 0.765. The zero-order valence-corrected chi connectivity index (χ0v) is 11.3. The first kappa shape index (κ1) is 15.9. The van der Waals surface area contributed by atoms with Crippen LogP contribution in [-0.2, 0) is 6.54 Å². The van der Waals surface area contributed by atoms with Gasteiger partial charge in [-0.05, 0) is 32.3 Å². The number of para-hydroxylation sites is 1. The summed E-state index contributed by atoms with van der Waals surface area (Å²) in [6.07, 6.45) is 1.57. The highest BCUT2D eigenvalue weighted by atomic mass is 19.3. The lowest BCUT2D eigenvalue weighted by molar-refractivity contribution is -0.0509. The number of hydrogen-bond donors (Lipinski definition) is 2. The van der Waals surface area contributed by atoms with Gasteiger partial charge in [0.1, 0.15) is 5.75 Å². The van der Waals surface area contributed by atoms with Crippen molar-refractivity contribution in [2.24, 2.45) is 0 Å². The van der Waals surface area contributed by atoms with Crippen LogP contribution in [0.15, 0.2) is 18.2 Å². The van der Waals surface area contributed by atoms with Crippen molar-refractivity contribution in [3.05, 3.63) is 29.3 Å². The van der Waals surface area contributed by atoms with Gasteiger partial charge in [0.25, 0.3) is 0 Å². The lowest BCUT2D eigenvalue weighted by atomic mass is 10.1. The molecule has 0 aliphatic carbocycles. The molecule has 1 rings (SSSR count). The molecule has 0 amide bonds. The van der Waals surface area contributed by atoms with Gasteiger partial charge in [-0.2, -0.15) is 8.78 Å². The van der Waals surface area contributed by atoms with E-state index in [1.165, 1.54) is 0 Å². The van der Waals surface area contributed by atoms with E-state index in [1.54, 1.807) is 19.1 Å². The number of alkyl halides is 2. The minimum atomic E-state index is -2.81. The van der Waals surface area contributed by atoms with E-state index in [2.05, 4.69) is 10.1 Å². The Morgan fingerprint density at radius 1 is 1.37 bits per heavy atom. The van der Waals surface area contributed by atoms with E-state index in [1.807, 2.05) is 13.0 Å². The van der Waals surface area contributed by atoms with E-state index in [0.717, 1.165) is 18.4 Å². The van der Waals surface area contributed by atoms with Crippen LogP contribution in [0.3, 0.4) is 0 Å². The lowest BCUT2D eigenvalue weighted by Gasteiger charge is -2.17. The Bertz CT molecular complexity index is 386. The second kappa shape index (κ2) is 8.07. The highest BCUT2D eigenvalue weighted by molar-refractivity contribution is 5.40. The predicted octanol–water partition coefficient (Wildman–Crippen LogP) is 2.85. The first-order chi connectivity index (χ1) is 9.04. The van der Waals surface area contributed by atoms with Crippen molar-refractivity contribution < 1.29 is 18.6 Å². The van der Waals surface area contributed by atoms with Crippen LogP contribution in [0.2, 0.25) is 0 Å². The van der Waals surface area contributed by atoms with Crippen molar-refractivity contribution in [2.45, 2.75) is 45.9 Å². The summed E-state index contributed by atoms with van der Waals surface area (Å²) in [5, 5.41) is 12.0. The molecule has 5 heteroatoms. The maximum absolute atomic E-state index is 12.4. The molecule has 0 heterocycles. The summed E-state index contributed by atoms with van der Waals surface area (Å²) in [6, 6.07) is 5.56. The molecule has 0 saturated heterocycles. The standard InChI is InChI=1S/C14H21F2NO2/c1-10-5-3-7-12(13(10)19-14(15)16)9-17-11(2)6-4-8-18/h3,5,7,11,14,17-18H,4,6,8-9H2,1-2H3. The number of aliphatic hydroxyl groups is 1. The molecule has 0 aromatic heterocycles. The number of nitrogens with one attached hydrogen (secondary N) is 1. The molecule has 0 saturated carbocycles. The zero-order valence-electron chi connectivity index (χ0n) is 11.3. The van der Waals surface area contributed by atoms with Crippen molar-refractivity contribution >= 4 is 0 Å². The van der Waals surface area contributed by atoms with Gasteiger partial charge in [0.15, 0.2) is 0 Å². The van der Waals surface area contributed by atoms with E-state index < -0.39 is 6.61 Å². The van der Waals surface area contributed by atoms with E-state index in [9.17, 15) is 8.78 Å². The molecule has 1 atom stereocenters. The number of aliphatic hydroxyl groups excluding tert-OH is 1. The van der Waals surface area contributed by atoms with Crippen LogP contribution in [0.25, 0.3) is 0 Å². The average Bonchev–Trinajstić information content (AvgIpc) is 2.36. The van der Waals surface area contributed by atoms with E-state index in [0.29, 0.717) is 12.1 Å². The van der Waals surface area contributed by atoms with Crippen molar-refractivity contribution in [3.8, 4) is 5.75 Å². The van der Waals surface area contributed by atoms with Crippen LogP contribution in [-0.4, -0.2) is 24.4 Å². The Balaban J connectivity index is 2.64. The largest absolute Gasteiger partial charge is 0.434 e. The van der Waals surface area contributed by atoms with Crippen molar-refractivity contribution in [1.29, 1.82) is 0 Å². The highest BCUT2D eigenvalue weighted by Crippen LogP contribution is 2.25. The molecular formula is C14H21F2NO2. The van der Waals surface area contributed by atoms with Crippen LogP contribution >= 0.6 is 0 Å². The first-order valence-electron chi connectivity index (χ1n) is 6.42. The van der Waals surface area contributed by atoms with Crippen LogP contribution in [0, 0.1) is 6.92 Å². The van der Waals surface area contributed by atoms with Crippen molar-refractivity contribution in [1.82, 2.24) is 5.32 Å². The summed E-state index contributed by atoms with van der Waals surface area (Å²) in [5.74, 6) is 0.249. The third kappa shape index (κ3) is 5.53. The first-order valence-corrected chi connectivity index (χ1v) is 6.42. The average molecular weight is 273 g/mol. The highest BCUT2D eigenvalue weighted by Gasteiger charge is 2.12. The third-order valence-corrected chi connectivity index (χ3v) is 2.94. The van der Waals surface area contributed by atoms with Gasteiger partial charge in [0.2, 0.25) is 0 Å². The molecule has 0 aliphatic rings. The second-order valence-corrected chi connectivity index (χ2v) is 4.59. The smallest absolute Gasteiger partial charge is 0.387 e.